The lowest BCUT2D eigenvalue weighted by molar-refractivity contribution is -0.0446. The Bertz CT molecular complexity index is 3710. The Morgan fingerprint density at radius 2 is 1.07 bits per heavy atom. The van der Waals surface area contributed by atoms with E-state index in [0.717, 1.165) is 76.8 Å². The number of rotatable bonds is 4. The molecule has 3 heterocycles. The third-order valence-corrected chi connectivity index (χ3v) is 23.6. The standard InChI is InChI=1S/C40H43NO.C38H41N.C2H6/c1-5-30-21-32-24(2)17-27(18-25(32)3)19-26(4)40(30)34-20-29(28-11-7-6-8-12-28)15-16-36(34)41-37-22-33-31-13-9-10-14-38(31)42-39(33)23-35(37)40;1-24-17-26-19-32-25(2)18-31(22-33(24)32)38(23-26)34-20-29(27-9-5-3-6-10-27)13-15-36(34)39-37-16-14-30(21-35(37)38)28-11-7-4-8-12-28;1-2/h6-16,20,22-27,30,32,41H,5,17-19,21H2,1-4H3;3-16,20,24-26,30-33,39H,17-19,21-23H2,1-2H3;1-2H3. The highest BCUT2D eigenvalue weighted by atomic mass is 16.3. The molecule has 2 spiro atoms. The summed E-state index contributed by atoms with van der Waals surface area (Å²) >= 11 is 0. The number of anilines is 3. The summed E-state index contributed by atoms with van der Waals surface area (Å²) in [5.74, 6) is 9.79. The first-order valence-corrected chi connectivity index (χ1v) is 32.9. The van der Waals surface area contributed by atoms with Crippen molar-refractivity contribution < 1.29 is 4.42 Å². The number of nitrogens with one attached hydrogen (secondary N) is 2. The van der Waals surface area contributed by atoms with Gasteiger partial charge in [-0.25, -0.2) is 0 Å². The first-order chi connectivity index (χ1) is 40.6. The normalized spacial score (nSPS) is 32.5. The Morgan fingerprint density at radius 3 is 1.77 bits per heavy atom. The van der Waals surface area contributed by atoms with Crippen LogP contribution in [0.3, 0.4) is 0 Å². The van der Waals surface area contributed by atoms with Gasteiger partial charge in [-0.15, -0.1) is 0 Å². The number of hydrogen-bond donors (Lipinski definition) is 2. The van der Waals surface area contributed by atoms with Crippen molar-refractivity contribution in [2.45, 2.75) is 143 Å². The van der Waals surface area contributed by atoms with Gasteiger partial charge in [0.25, 0.3) is 0 Å². The molecular weight excluding hydrogens is 1000 g/mol. The van der Waals surface area contributed by atoms with Gasteiger partial charge in [-0.05, 0) is 234 Å². The second-order valence-electron chi connectivity index (χ2n) is 27.7. The molecule has 8 saturated carbocycles. The van der Waals surface area contributed by atoms with Crippen LogP contribution in [0.4, 0.5) is 17.1 Å². The highest BCUT2D eigenvalue weighted by Crippen LogP contribution is 2.67. The minimum Gasteiger partial charge on any atom is -0.456 e. The summed E-state index contributed by atoms with van der Waals surface area (Å²) in [6.45, 7) is 19.3. The molecule has 8 fully saturated rings. The van der Waals surface area contributed by atoms with E-state index in [4.69, 9.17) is 4.42 Å². The molecule has 1 aromatic heterocycles. The van der Waals surface area contributed by atoms with Crippen molar-refractivity contribution in [1.29, 1.82) is 0 Å². The molecule has 19 rings (SSSR count). The third kappa shape index (κ3) is 9.01. The van der Waals surface area contributed by atoms with Crippen LogP contribution in [0, 0.1) is 71.0 Å². The van der Waals surface area contributed by atoms with Gasteiger partial charge in [-0.1, -0.05) is 189 Å². The quantitative estimate of drug-likeness (QED) is 0.184. The molecule has 2 N–H and O–H groups in total. The third-order valence-electron chi connectivity index (χ3n) is 23.6. The van der Waals surface area contributed by atoms with Crippen molar-refractivity contribution in [3.05, 3.63) is 209 Å². The van der Waals surface area contributed by atoms with Crippen LogP contribution >= 0.6 is 0 Å². The van der Waals surface area contributed by atoms with Crippen molar-refractivity contribution >= 4 is 39.0 Å². The van der Waals surface area contributed by atoms with Gasteiger partial charge in [-0.3, -0.25) is 0 Å². The van der Waals surface area contributed by atoms with Crippen LogP contribution in [0.15, 0.2) is 192 Å². The minimum atomic E-state index is -0.0900. The molecule has 0 amide bonds. The molecule has 0 saturated heterocycles. The molecule has 8 aromatic rings. The summed E-state index contributed by atoms with van der Waals surface area (Å²) in [6, 6.07) is 61.2. The van der Waals surface area contributed by atoms with E-state index < -0.39 is 0 Å². The Morgan fingerprint density at radius 1 is 0.482 bits per heavy atom. The van der Waals surface area contributed by atoms with Gasteiger partial charge in [-0.2, -0.15) is 0 Å². The Hall–Kier alpha value is -6.58. The van der Waals surface area contributed by atoms with Crippen LogP contribution in [0.25, 0.3) is 44.2 Å². The Balaban J connectivity index is 0.000000144. The summed E-state index contributed by atoms with van der Waals surface area (Å²) in [5, 5.41) is 10.4. The lowest BCUT2D eigenvalue weighted by Crippen LogP contribution is -2.54. The molecule has 6 bridgehead atoms. The van der Waals surface area contributed by atoms with Crippen LogP contribution < -0.4 is 10.6 Å². The van der Waals surface area contributed by atoms with Crippen molar-refractivity contribution in [3.8, 4) is 22.3 Å². The molecule has 13 unspecified atom stereocenters. The number of benzene rings is 7. The first-order valence-electron chi connectivity index (χ1n) is 32.9. The molecule has 11 aliphatic rings. The van der Waals surface area contributed by atoms with E-state index in [1.54, 1.807) is 11.1 Å². The smallest absolute Gasteiger partial charge is 0.135 e. The molecule has 3 nitrogen and oxygen atoms in total. The molecule has 2 aliphatic heterocycles. The zero-order valence-electron chi connectivity index (χ0n) is 50.9. The van der Waals surface area contributed by atoms with Crippen LogP contribution in [-0.4, -0.2) is 0 Å². The van der Waals surface area contributed by atoms with Gasteiger partial charge < -0.3 is 15.1 Å². The second-order valence-corrected chi connectivity index (χ2v) is 27.7. The predicted octanol–water partition coefficient (Wildman–Crippen LogP) is 22.1. The van der Waals surface area contributed by atoms with Crippen molar-refractivity contribution in [2.75, 3.05) is 10.6 Å². The minimum absolute atomic E-state index is 0.0900. The van der Waals surface area contributed by atoms with Gasteiger partial charge in [0.2, 0.25) is 0 Å². The van der Waals surface area contributed by atoms with Crippen molar-refractivity contribution in [3.63, 3.8) is 0 Å². The Kier molecular flexibility index (Phi) is 14.3. The Labute approximate surface area is 496 Å². The highest BCUT2D eigenvalue weighted by Gasteiger charge is 2.58. The summed E-state index contributed by atoms with van der Waals surface area (Å²) in [7, 11) is 0. The lowest BCUT2D eigenvalue weighted by Gasteiger charge is -2.61. The largest absolute Gasteiger partial charge is 0.456 e. The number of para-hydroxylation sites is 1. The second kappa shape index (κ2) is 21.8. The number of furan rings is 1. The predicted molar refractivity (Wildman–Crippen MR) is 350 cm³/mol. The average Bonchev–Trinajstić information content (AvgIpc) is 1.69. The maximum absolute atomic E-state index is 6.58. The molecule has 9 aliphatic carbocycles. The fourth-order valence-electron chi connectivity index (χ4n) is 20.2. The van der Waals surface area contributed by atoms with Crippen molar-refractivity contribution in [2.24, 2.45) is 71.0 Å². The fourth-order valence-corrected chi connectivity index (χ4v) is 20.2. The maximum Gasteiger partial charge on any atom is 0.135 e. The van der Waals surface area contributed by atoms with Crippen LogP contribution in [0.1, 0.15) is 154 Å². The van der Waals surface area contributed by atoms with E-state index in [1.807, 2.05) is 13.8 Å². The van der Waals surface area contributed by atoms with Gasteiger partial charge in [0.15, 0.2) is 0 Å². The van der Waals surface area contributed by atoms with E-state index >= 15 is 0 Å². The molecule has 0 radical (unpaired) electrons. The first kappa shape index (κ1) is 54.4. The average molecular weight is 1100 g/mol. The topological polar surface area (TPSA) is 37.2 Å². The van der Waals surface area contributed by atoms with E-state index in [9.17, 15) is 0 Å². The maximum atomic E-state index is 6.58. The van der Waals surface area contributed by atoms with Gasteiger partial charge in [0.1, 0.15) is 11.2 Å². The molecule has 3 heteroatoms. The van der Waals surface area contributed by atoms with E-state index in [1.165, 1.54) is 137 Å². The summed E-state index contributed by atoms with van der Waals surface area (Å²) in [4.78, 5) is 0. The summed E-state index contributed by atoms with van der Waals surface area (Å²) in [5.41, 5.74) is 20.4. The summed E-state index contributed by atoms with van der Waals surface area (Å²) in [6.07, 6.45) is 19.6. The lowest BCUT2D eigenvalue weighted by atomic mass is 9.44. The van der Waals surface area contributed by atoms with Gasteiger partial charge in [0, 0.05) is 50.3 Å². The number of hydrogen-bond acceptors (Lipinski definition) is 3. The summed E-state index contributed by atoms with van der Waals surface area (Å²) < 4.78 is 6.58. The molecule has 7 aromatic carbocycles. The monoisotopic (exact) mass is 1090 g/mol. The molecule has 426 valence electrons. The molecular formula is C80H90N2O. The fraction of sp³-hybridized carbons (Fsp3) is 0.425. The van der Waals surface area contributed by atoms with E-state index in [-0.39, 0.29) is 10.8 Å². The number of fused-ring (bicyclic) bond motifs is 12. The van der Waals surface area contributed by atoms with Crippen molar-refractivity contribution in [1.82, 2.24) is 0 Å². The SMILES string of the molecule is CC.CC1CC2CC3C(C)CC(CC13)CC21C2=C(C=CC(c3ccccc3)C2)Nc2ccc(-c3ccccc3)cc21.CCC1CC2C(C)CC(CC2C)CC(C)C12c1cc(-c3ccccc3)ccc1Nc1cc3c(cc12)oc1ccccc13. The van der Waals surface area contributed by atoms with Crippen LogP contribution in [-0.2, 0) is 10.8 Å². The zero-order chi connectivity index (χ0) is 56.7. The van der Waals surface area contributed by atoms with Gasteiger partial charge >= 0.3 is 0 Å². The van der Waals surface area contributed by atoms with E-state index in [2.05, 4.69) is 228 Å². The molecule has 83 heavy (non-hydrogen) atoms. The van der Waals surface area contributed by atoms with Gasteiger partial charge in [0.05, 0.1) is 0 Å². The highest BCUT2D eigenvalue weighted by molar-refractivity contribution is 6.07. The van der Waals surface area contributed by atoms with E-state index in [0.29, 0.717) is 17.8 Å². The molecule has 13 atom stereocenters. The zero-order valence-corrected chi connectivity index (χ0v) is 50.9. The number of allylic oxidation sites excluding steroid dienone is 3. The van der Waals surface area contributed by atoms with Crippen LogP contribution in [0.5, 0.6) is 0 Å². The van der Waals surface area contributed by atoms with Crippen LogP contribution in [0.2, 0.25) is 0 Å².